The molecule has 2 heterocycles. The average Bonchev–Trinajstić information content (AvgIpc) is 3.19. The van der Waals surface area contributed by atoms with Crippen LogP contribution in [0.2, 0.25) is 0 Å². The number of ether oxygens (including phenoxy) is 1. The van der Waals surface area contributed by atoms with Crippen LogP contribution in [0.3, 0.4) is 0 Å². The molecule has 0 unspecified atom stereocenters. The molecule has 36 heavy (non-hydrogen) atoms. The highest BCUT2D eigenvalue weighted by Crippen LogP contribution is 2.39. The molecule has 9 nitrogen and oxygen atoms in total. The summed E-state index contributed by atoms with van der Waals surface area (Å²) in [5, 5.41) is 7.14. The third-order valence-corrected chi connectivity index (χ3v) is 9.96. The van der Waals surface area contributed by atoms with E-state index in [1.165, 1.54) is 7.11 Å². The van der Waals surface area contributed by atoms with E-state index in [0.29, 0.717) is 39.3 Å². The van der Waals surface area contributed by atoms with Gasteiger partial charge in [-0.3, -0.25) is 0 Å². The number of nitrogens with zero attached hydrogens (tertiary/aromatic N) is 2. The van der Waals surface area contributed by atoms with Gasteiger partial charge in [0.05, 0.1) is 34.0 Å². The molecule has 3 N–H and O–H groups in total. The highest BCUT2D eigenvalue weighted by atomic mass is 79.9. The Morgan fingerprint density at radius 3 is 2.44 bits per heavy atom. The van der Waals surface area contributed by atoms with Crippen molar-refractivity contribution in [1.82, 2.24) is 15.0 Å². The molecule has 0 aliphatic heterocycles. The number of halogens is 1. The monoisotopic (exact) mass is 591 g/mol. The van der Waals surface area contributed by atoms with Crippen LogP contribution in [-0.4, -0.2) is 49.1 Å². The second-order valence-corrected chi connectivity index (χ2v) is 15.4. The molecule has 0 bridgehead atoms. The van der Waals surface area contributed by atoms with E-state index in [2.05, 4.69) is 41.5 Å². The van der Waals surface area contributed by atoms with Crippen LogP contribution >= 0.6 is 23.1 Å². The first-order valence-corrected chi connectivity index (χ1v) is 16.0. The van der Waals surface area contributed by atoms with Crippen molar-refractivity contribution in [2.24, 2.45) is 0 Å². The van der Waals surface area contributed by atoms with Crippen molar-refractivity contribution in [1.29, 1.82) is 0 Å². The number of para-hydroxylation sites is 1. The third kappa shape index (κ3) is 5.14. The van der Waals surface area contributed by atoms with Gasteiger partial charge in [0.25, 0.3) is 0 Å². The number of aromatic nitrogens is 3. The quantitative estimate of drug-likeness (QED) is 0.224. The molecule has 0 aliphatic carbocycles. The molecular formula is C24H27BrN5O4PS. The van der Waals surface area contributed by atoms with Crippen molar-refractivity contribution in [3.8, 4) is 5.75 Å². The first-order chi connectivity index (χ1) is 16.9. The summed E-state index contributed by atoms with van der Waals surface area (Å²) in [7, 11) is -4.48. The van der Waals surface area contributed by atoms with Crippen molar-refractivity contribution in [2.75, 3.05) is 31.1 Å². The summed E-state index contributed by atoms with van der Waals surface area (Å²) in [4.78, 5) is 12.5. The zero-order valence-electron chi connectivity index (χ0n) is 20.5. The summed E-state index contributed by atoms with van der Waals surface area (Å²) in [5.74, 6) is 1.16. The Bertz CT molecular complexity index is 1600. The first kappa shape index (κ1) is 26.2. The van der Waals surface area contributed by atoms with Gasteiger partial charge in [-0.15, -0.1) is 0 Å². The summed E-state index contributed by atoms with van der Waals surface area (Å²) < 4.78 is 44.7. The van der Waals surface area contributed by atoms with E-state index in [1.54, 1.807) is 75.8 Å². The van der Waals surface area contributed by atoms with Crippen LogP contribution in [0.4, 0.5) is 23.1 Å². The molecule has 2 aromatic heterocycles. The Morgan fingerprint density at radius 1 is 1.06 bits per heavy atom. The van der Waals surface area contributed by atoms with Crippen molar-refractivity contribution >= 4 is 72.4 Å². The summed E-state index contributed by atoms with van der Waals surface area (Å²) in [6.45, 7) is 6.69. The number of benzene rings is 2. The maximum absolute atomic E-state index is 13.0. The van der Waals surface area contributed by atoms with Crippen LogP contribution in [0.15, 0.2) is 58.0 Å². The van der Waals surface area contributed by atoms with Crippen molar-refractivity contribution in [3.63, 3.8) is 0 Å². The van der Waals surface area contributed by atoms with Crippen LogP contribution in [0.1, 0.15) is 13.8 Å². The lowest BCUT2D eigenvalue weighted by atomic mass is 10.3. The topological polar surface area (TPSA) is 126 Å². The van der Waals surface area contributed by atoms with Gasteiger partial charge in [0.15, 0.2) is 9.84 Å². The van der Waals surface area contributed by atoms with E-state index < -0.39 is 22.2 Å². The Kier molecular flexibility index (Phi) is 7.19. The second kappa shape index (κ2) is 9.88. The molecule has 0 fully saturated rings. The van der Waals surface area contributed by atoms with Crippen molar-refractivity contribution in [3.05, 3.63) is 53.1 Å². The van der Waals surface area contributed by atoms with Gasteiger partial charge >= 0.3 is 0 Å². The van der Waals surface area contributed by atoms with Crippen LogP contribution in [-0.2, 0) is 14.4 Å². The van der Waals surface area contributed by atoms with E-state index in [1.807, 2.05) is 0 Å². The normalized spacial score (nSPS) is 12.2. The number of hydrogen-bond donors (Lipinski definition) is 3. The van der Waals surface area contributed by atoms with Crippen LogP contribution in [0.5, 0.6) is 5.75 Å². The lowest BCUT2D eigenvalue weighted by Gasteiger charge is -2.16. The third-order valence-electron chi connectivity index (χ3n) is 5.60. The molecule has 0 saturated carbocycles. The second-order valence-electron chi connectivity index (χ2n) is 8.83. The fourth-order valence-electron chi connectivity index (χ4n) is 3.58. The number of nitrogens with one attached hydrogen (secondary N) is 3. The van der Waals surface area contributed by atoms with E-state index in [-0.39, 0.29) is 10.8 Å². The predicted octanol–water partition coefficient (Wildman–Crippen LogP) is 5.65. The Labute approximate surface area is 218 Å². The fraction of sp³-hybridized carbons (Fsp3) is 0.250. The molecule has 0 spiro atoms. The van der Waals surface area contributed by atoms with E-state index in [0.717, 1.165) is 4.47 Å². The molecule has 0 aliphatic rings. The highest BCUT2D eigenvalue weighted by Gasteiger charge is 2.24. The largest absolute Gasteiger partial charge is 0.495 e. The molecule has 0 amide bonds. The Hall–Kier alpha value is -2.88. The van der Waals surface area contributed by atoms with E-state index in [4.69, 9.17) is 4.74 Å². The molecule has 12 heteroatoms. The van der Waals surface area contributed by atoms with Gasteiger partial charge in [-0.1, -0.05) is 12.1 Å². The zero-order chi connectivity index (χ0) is 26.3. The lowest BCUT2D eigenvalue weighted by Crippen LogP contribution is -2.15. The fourth-order valence-corrected chi connectivity index (χ4v) is 6.13. The summed E-state index contributed by atoms with van der Waals surface area (Å²) in [6.07, 6.45) is 1.74. The molecule has 0 saturated heterocycles. The minimum absolute atomic E-state index is 0.189. The number of methoxy groups -OCH3 is 1. The minimum atomic E-state index is -3.54. The molecule has 0 radical (unpaired) electrons. The summed E-state index contributed by atoms with van der Waals surface area (Å²) in [5.41, 5.74) is 1.54. The van der Waals surface area contributed by atoms with Gasteiger partial charge < -0.3 is 24.9 Å². The maximum Gasteiger partial charge on any atom is 0.231 e. The maximum atomic E-state index is 13.0. The summed E-state index contributed by atoms with van der Waals surface area (Å²) >= 11 is 3.52. The number of sulfone groups is 1. The Balaban J connectivity index is 1.79. The number of rotatable bonds is 8. The zero-order valence-corrected chi connectivity index (χ0v) is 23.8. The van der Waals surface area contributed by atoms with Crippen molar-refractivity contribution < 1.29 is 17.7 Å². The number of fused-ring (bicyclic) bond motifs is 1. The first-order valence-electron chi connectivity index (χ1n) is 11.1. The predicted molar refractivity (Wildman–Crippen MR) is 149 cm³/mol. The summed E-state index contributed by atoms with van der Waals surface area (Å²) in [6, 6.07) is 12.0. The number of hydrogen-bond acceptors (Lipinski definition) is 8. The van der Waals surface area contributed by atoms with Crippen molar-refractivity contribution in [2.45, 2.75) is 24.0 Å². The standard InChI is InChI=1S/C24H27BrN5O4PS/c1-14(2)36(32,33)20-9-7-6-8-18(20)27-23-21-16(25)13-26-22(21)29-24(30-23)28-17-11-10-15(35(4,5)31)12-19(17)34-3/h6-14H,1-5H3,(H3,26,27,28,29,30). The Morgan fingerprint density at radius 2 is 1.78 bits per heavy atom. The van der Waals surface area contributed by atoms with Gasteiger partial charge in [-0.05, 0) is 73.4 Å². The molecule has 2 aromatic carbocycles. The SMILES string of the molecule is COc1cc(P(C)(C)=O)ccc1Nc1nc(Nc2ccccc2S(=O)(=O)C(C)C)c2c(Br)c[nH]c2n1. The molecule has 4 aromatic rings. The minimum Gasteiger partial charge on any atom is -0.495 e. The van der Waals surface area contributed by atoms with Crippen LogP contribution in [0, 0.1) is 0 Å². The molecule has 4 rings (SSSR count). The number of anilines is 4. The van der Waals surface area contributed by atoms with E-state index in [9.17, 15) is 13.0 Å². The van der Waals surface area contributed by atoms with Gasteiger partial charge in [0.2, 0.25) is 5.95 Å². The molecule has 190 valence electrons. The van der Waals surface area contributed by atoms with Crippen LogP contribution < -0.4 is 20.7 Å². The number of aromatic amines is 1. The molecule has 0 atom stereocenters. The number of H-pyrrole nitrogens is 1. The smallest absolute Gasteiger partial charge is 0.231 e. The van der Waals surface area contributed by atoms with Gasteiger partial charge in [-0.25, -0.2) is 8.42 Å². The van der Waals surface area contributed by atoms with Gasteiger partial charge in [0, 0.05) is 16.0 Å². The van der Waals surface area contributed by atoms with Crippen LogP contribution in [0.25, 0.3) is 11.0 Å². The molecular weight excluding hydrogens is 565 g/mol. The van der Waals surface area contributed by atoms with Gasteiger partial charge in [0.1, 0.15) is 24.4 Å². The van der Waals surface area contributed by atoms with Gasteiger partial charge in [-0.2, -0.15) is 9.97 Å². The lowest BCUT2D eigenvalue weighted by molar-refractivity contribution is 0.417. The average molecular weight is 592 g/mol. The highest BCUT2D eigenvalue weighted by molar-refractivity contribution is 9.10. The van der Waals surface area contributed by atoms with E-state index >= 15 is 0 Å².